The lowest BCUT2D eigenvalue weighted by Crippen LogP contribution is -2.38. The van der Waals surface area contributed by atoms with Gasteiger partial charge in [0.05, 0.1) is 18.7 Å². The molecule has 1 aromatic heterocycles. The predicted octanol–water partition coefficient (Wildman–Crippen LogP) is 2.74. The Balaban J connectivity index is 1.65. The van der Waals surface area contributed by atoms with Crippen molar-refractivity contribution in [2.24, 2.45) is 0 Å². The third kappa shape index (κ3) is 4.92. The van der Waals surface area contributed by atoms with E-state index in [0.717, 1.165) is 31.5 Å². The summed E-state index contributed by atoms with van der Waals surface area (Å²) < 4.78 is 13.1. The van der Waals surface area contributed by atoms with Crippen LogP contribution in [0.5, 0.6) is 11.5 Å². The fourth-order valence-corrected chi connectivity index (χ4v) is 3.37. The van der Waals surface area contributed by atoms with E-state index >= 15 is 0 Å². The molecule has 27 heavy (non-hydrogen) atoms. The number of likely N-dealkylation sites (tertiary alicyclic amines) is 1. The van der Waals surface area contributed by atoms with Gasteiger partial charge in [-0.15, -0.1) is 0 Å². The number of H-pyrrole nitrogens is 1. The molecular weight excluding hydrogens is 390 g/mol. The Hall–Kier alpha value is -2.26. The van der Waals surface area contributed by atoms with E-state index in [4.69, 9.17) is 33.3 Å². The third-order valence-corrected chi connectivity index (χ3v) is 4.91. The predicted molar refractivity (Wildman–Crippen MR) is 104 cm³/mol. The van der Waals surface area contributed by atoms with Gasteiger partial charge in [-0.2, -0.15) is 5.10 Å². The first-order valence-electron chi connectivity index (χ1n) is 8.71. The normalized spacial score (nSPS) is 14.1. The smallest absolute Gasteiger partial charge is 0.260 e. The second-order valence-electron chi connectivity index (χ2n) is 6.21. The Labute approximate surface area is 167 Å². The van der Waals surface area contributed by atoms with E-state index in [1.54, 1.807) is 17.1 Å². The van der Waals surface area contributed by atoms with Crippen LogP contribution in [-0.4, -0.2) is 52.5 Å². The number of aromatic amines is 1. The van der Waals surface area contributed by atoms with Crippen molar-refractivity contribution in [3.05, 3.63) is 33.8 Å². The average molecular weight is 412 g/mol. The molecule has 1 fully saturated rings. The molecule has 3 rings (SSSR count). The van der Waals surface area contributed by atoms with Crippen molar-refractivity contribution in [1.82, 2.24) is 19.8 Å². The summed E-state index contributed by atoms with van der Waals surface area (Å²) in [6.45, 7) is 1.97. The molecule has 1 aliphatic rings. The summed E-state index contributed by atoms with van der Waals surface area (Å²) in [5, 5.41) is 6.89. The molecule has 2 N–H and O–H groups in total. The van der Waals surface area contributed by atoms with Gasteiger partial charge < -0.3 is 19.8 Å². The zero-order valence-electron chi connectivity index (χ0n) is 15.0. The van der Waals surface area contributed by atoms with Crippen molar-refractivity contribution >= 4 is 29.7 Å². The van der Waals surface area contributed by atoms with E-state index in [-0.39, 0.29) is 12.5 Å². The van der Waals surface area contributed by atoms with Crippen molar-refractivity contribution < 1.29 is 14.3 Å². The lowest BCUT2D eigenvalue weighted by Gasteiger charge is -2.26. The van der Waals surface area contributed by atoms with Gasteiger partial charge in [0.25, 0.3) is 5.91 Å². The Bertz CT molecular complexity index is 847. The van der Waals surface area contributed by atoms with Crippen LogP contribution in [0.15, 0.2) is 18.5 Å². The monoisotopic (exact) mass is 411 g/mol. The molecule has 1 aliphatic heterocycles. The highest BCUT2D eigenvalue weighted by Crippen LogP contribution is 2.36. The summed E-state index contributed by atoms with van der Waals surface area (Å²) in [5.41, 5.74) is 3.97. The number of aromatic nitrogens is 3. The molecule has 8 nitrogen and oxygen atoms in total. The summed E-state index contributed by atoms with van der Waals surface area (Å²) in [5.74, 6) is 0.808. The van der Waals surface area contributed by atoms with Crippen molar-refractivity contribution in [2.75, 3.05) is 32.2 Å². The number of hydrogen-bond acceptors (Lipinski definition) is 6. The van der Waals surface area contributed by atoms with Gasteiger partial charge in [0.15, 0.2) is 18.1 Å². The van der Waals surface area contributed by atoms with E-state index in [1.807, 2.05) is 11.0 Å². The van der Waals surface area contributed by atoms with Gasteiger partial charge in [-0.05, 0) is 49.2 Å². The highest BCUT2D eigenvalue weighted by atomic mass is 35.5. The average Bonchev–Trinajstić information content (AvgIpc) is 3.10. The Morgan fingerprint density at radius 1 is 1.37 bits per heavy atom. The SMILES string of the molecule is COc1cc(CNn2cn[nH]c2=S)cc(Cl)c1OCC(=O)N1CCCCC1. The standard InChI is InChI=1S/C17H22ClN5O3S/c1-25-14-8-12(9-20-23-11-19-21-17(23)27)7-13(18)16(14)26-10-15(24)22-5-3-2-4-6-22/h7-8,11,20H,2-6,9-10H2,1H3,(H,21,27). The maximum atomic E-state index is 12.3. The van der Waals surface area contributed by atoms with E-state index < -0.39 is 0 Å². The van der Waals surface area contributed by atoms with Gasteiger partial charge in [0.1, 0.15) is 6.33 Å². The highest BCUT2D eigenvalue weighted by molar-refractivity contribution is 7.71. The molecule has 0 bridgehead atoms. The van der Waals surface area contributed by atoms with Crippen LogP contribution in [0.2, 0.25) is 5.02 Å². The fourth-order valence-electron chi connectivity index (χ4n) is 2.92. The quantitative estimate of drug-likeness (QED) is 0.681. The molecule has 0 spiro atoms. The van der Waals surface area contributed by atoms with Crippen LogP contribution in [0.3, 0.4) is 0 Å². The summed E-state index contributed by atoms with van der Waals surface area (Å²) >= 11 is 11.5. The van der Waals surface area contributed by atoms with Gasteiger partial charge in [0, 0.05) is 13.1 Å². The summed E-state index contributed by atoms with van der Waals surface area (Å²) in [6.07, 6.45) is 4.80. The molecular formula is C17H22ClN5O3S. The Morgan fingerprint density at radius 3 is 2.81 bits per heavy atom. The molecule has 146 valence electrons. The zero-order chi connectivity index (χ0) is 19.2. The highest BCUT2D eigenvalue weighted by Gasteiger charge is 2.19. The summed E-state index contributed by atoms with van der Waals surface area (Å²) in [4.78, 5) is 14.1. The van der Waals surface area contributed by atoms with Crippen LogP contribution in [0.25, 0.3) is 0 Å². The maximum Gasteiger partial charge on any atom is 0.260 e. The van der Waals surface area contributed by atoms with Crippen molar-refractivity contribution in [1.29, 1.82) is 0 Å². The first kappa shape index (κ1) is 19.5. The van der Waals surface area contributed by atoms with Crippen LogP contribution in [0.4, 0.5) is 0 Å². The second-order valence-corrected chi connectivity index (χ2v) is 7.00. The van der Waals surface area contributed by atoms with E-state index in [1.165, 1.54) is 13.5 Å². The largest absolute Gasteiger partial charge is 0.493 e. The molecule has 0 aliphatic carbocycles. The minimum Gasteiger partial charge on any atom is -0.493 e. The van der Waals surface area contributed by atoms with Crippen molar-refractivity contribution in [3.63, 3.8) is 0 Å². The molecule has 2 aromatic rings. The van der Waals surface area contributed by atoms with Gasteiger partial charge in [-0.25, -0.2) is 4.68 Å². The van der Waals surface area contributed by atoms with Gasteiger partial charge in [-0.3, -0.25) is 9.89 Å². The van der Waals surface area contributed by atoms with Crippen LogP contribution < -0.4 is 14.9 Å². The van der Waals surface area contributed by atoms with Gasteiger partial charge >= 0.3 is 0 Å². The number of nitrogens with one attached hydrogen (secondary N) is 2. The lowest BCUT2D eigenvalue weighted by molar-refractivity contribution is -0.134. The van der Waals surface area contributed by atoms with Crippen LogP contribution in [0, 0.1) is 4.77 Å². The Morgan fingerprint density at radius 2 is 2.15 bits per heavy atom. The Kier molecular flexibility index (Phi) is 6.57. The molecule has 10 heteroatoms. The topological polar surface area (TPSA) is 84.4 Å². The van der Waals surface area contributed by atoms with E-state index in [0.29, 0.717) is 27.8 Å². The zero-order valence-corrected chi connectivity index (χ0v) is 16.6. The van der Waals surface area contributed by atoms with Gasteiger partial charge in [-0.1, -0.05) is 11.6 Å². The van der Waals surface area contributed by atoms with Crippen molar-refractivity contribution in [3.8, 4) is 11.5 Å². The van der Waals surface area contributed by atoms with Crippen molar-refractivity contribution in [2.45, 2.75) is 25.8 Å². The number of rotatable bonds is 7. The number of nitrogens with zero attached hydrogens (tertiary/aromatic N) is 3. The first-order valence-corrected chi connectivity index (χ1v) is 9.50. The number of carbonyl (C=O) groups is 1. The number of carbonyl (C=O) groups excluding carboxylic acids is 1. The summed E-state index contributed by atoms with van der Waals surface area (Å²) in [7, 11) is 1.54. The maximum absolute atomic E-state index is 12.3. The van der Waals surface area contributed by atoms with E-state index in [9.17, 15) is 4.79 Å². The van der Waals surface area contributed by atoms with Crippen LogP contribution in [0.1, 0.15) is 24.8 Å². The minimum absolute atomic E-state index is 0.0344. The number of ether oxygens (including phenoxy) is 2. The first-order chi connectivity index (χ1) is 13.1. The molecule has 0 saturated carbocycles. The molecule has 1 amide bonds. The number of hydrogen-bond donors (Lipinski definition) is 2. The second kappa shape index (κ2) is 9.09. The van der Waals surface area contributed by atoms with Gasteiger partial charge in [0.2, 0.25) is 4.77 Å². The number of benzene rings is 1. The van der Waals surface area contributed by atoms with E-state index in [2.05, 4.69) is 15.6 Å². The molecule has 1 aromatic carbocycles. The van der Waals surface area contributed by atoms with Crippen LogP contribution in [-0.2, 0) is 11.3 Å². The molecule has 0 atom stereocenters. The summed E-state index contributed by atoms with van der Waals surface area (Å²) in [6, 6.07) is 3.57. The molecule has 2 heterocycles. The molecule has 0 radical (unpaired) electrons. The fraction of sp³-hybridized carbons (Fsp3) is 0.471. The lowest BCUT2D eigenvalue weighted by atomic mass is 10.1. The van der Waals surface area contributed by atoms with Crippen LogP contribution >= 0.6 is 23.8 Å². The number of halogens is 1. The molecule has 1 saturated heterocycles. The molecule has 0 unspecified atom stereocenters. The number of methoxy groups -OCH3 is 1. The third-order valence-electron chi connectivity index (χ3n) is 4.34. The number of amides is 1. The minimum atomic E-state index is -0.0577. The number of piperidine rings is 1.